The standard InChI is InChI=1S/C10H12ClN3O2/c11-8-4-12-5-10(14-8)16-6-7-1-2-13-9(15)3-7/h4-5,7H,1-3,6H2,(H,13,15). The average Bonchev–Trinajstić information content (AvgIpc) is 2.27. The van der Waals surface area contributed by atoms with Crippen LogP contribution in [0.3, 0.4) is 0 Å². The van der Waals surface area contributed by atoms with Gasteiger partial charge in [-0.2, -0.15) is 4.98 Å². The van der Waals surface area contributed by atoms with Crippen molar-refractivity contribution in [3.63, 3.8) is 0 Å². The largest absolute Gasteiger partial charge is 0.476 e. The fourth-order valence-electron chi connectivity index (χ4n) is 1.59. The lowest BCUT2D eigenvalue weighted by atomic mass is 9.99. The molecule has 0 spiro atoms. The predicted octanol–water partition coefficient (Wildman–Crippen LogP) is 1.03. The summed E-state index contributed by atoms with van der Waals surface area (Å²) < 4.78 is 5.44. The number of nitrogens with one attached hydrogen (secondary N) is 1. The van der Waals surface area contributed by atoms with Gasteiger partial charge in [0, 0.05) is 18.9 Å². The van der Waals surface area contributed by atoms with Gasteiger partial charge in [0.2, 0.25) is 11.8 Å². The zero-order valence-corrected chi connectivity index (χ0v) is 9.41. The summed E-state index contributed by atoms with van der Waals surface area (Å²) in [5, 5.41) is 3.08. The molecule has 1 aromatic heterocycles. The Labute approximate surface area is 98.2 Å². The number of amides is 1. The van der Waals surface area contributed by atoms with Crippen LogP contribution in [-0.2, 0) is 4.79 Å². The highest BCUT2D eigenvalue weighted by Crippen LogP contribution is 2.15. The minimum atomic E-state index is 0.0806. The maximum atomic E-state index is 11.1. The molecule has 0 aliphatic carbocycles. The Bertz CT molecular complexity index is 386. The van der Waals surface area contributed by atoms with E-state index < -0.39 is 0 Å². The quantitative estimate of drug-likeness (QED) is 0.859. The molecule has 0 bridgehead atoms. The summed E-state index contributed by atoms with van der Waals surface area (Å²) in [6.45, 7) is 1.19. The zero-order chi connectivity index (χ0) is 11.4. The van der Waals surface area contributed by atoms with Gasteiger partial charge in [0.15, 0.2) is 5.15 Å². The minimum absolute atomic E-state index is 0.0806. The molecule has 1 amide bonds. The molecule has 0 saturated carbocycles. The molecule has 6 heteroatoms. The monoisotopic (exact) mass is 241 g/mol. The molecule has 2 heterocycles. The molecule has 0 aromatic carbocycles. The Kier molecular flexibility index (Phi) is 3.56. The number of piperidine rings is 1. The van der Waals surface area contributed by atoms with Gasteiger partial charge in [-0.15, -0.1) is 0 Å². The summed E-state index contributed by atoms with van der Waals surface area (Å²) in [7, 11) is 0. The first kappa shape index (κ1) is 11.1. The maximum absolute atomic E-state index is 11.1. The third-order valence-electron chi connectivity index (χ3n) is 2.40. The second kappa shape index (κ2) is 5.12. The number of nitrogens with zero attached hydrogens (tertiary/aromatic N) is 2. The van der Waals surface area contributed by atoms with Gasteiger partial charge in [0.1, 0.15) is 0 Å². The van der Waals surface area contributed by atoms with Crippen LogP contribution in [0.5, 0.6) is 5.88 Å². The molecule has 1 unspecified atom stereocenters. The van der Waals surface area contributed by atoms with E-state index in [-0.39, 0.29) is 11.8 Å². The third kappa shape index (κ3) is 3.06. The van der Waals surface area contributed by atoms with Crippen molar-refractivity contribution in [2.45, 2.75) is 12.8 Å². The van der Waals surface area contributed by atoms with Crippen LogP contribution in [-0.4, -0.2) is 29.0 Å². The number of carbonyl (C=O) groups excluding carboxylic acids is 1. The van der Waals surface area contributed by atoms with E-state index in [1.54, 1.807) is 0 Å². The van der Waals surface area contributed by atoms with Gasteiger partial charge < -0.3 is 10.1 Å². The molecule has 1 aromatic rings. The highest BCUT2D eigenvalue weighted by atomic mass is 35.5. The van der Waals surface area contributed by atoms with Crippen molar-refractivity contribution >= 4 is 17.5 Å². The lowest BCUT2D eigenvalue weighted by Gasteiger charge is -2.21. The number of carbonyl (C=O) groups is 1. The Balaban J connectivity index is 1.85. The highest BCUT2D eigenvalue weighted by molar-refractivity contribution is 6.29. The minimum Gasteiger partial charge on any atom is -0.476 e. The van der Waals surface area contributed by atoms with Gasteiger partial charge in [-0.1, -0.05) is 11.6 Å². The van der Waals surface area contributed by atoms with Gasteiger partial charge in [-0.05, 0) is 6.42 Å². The van der Waals surface area contributed by atoms with Crippen molar-refractivity contribution < 1.29 is 9.53 Å². The summed E-state index contributed by atoms with van der Waals surface area (Å²) in [4.78, 5) is 18.9. The molecule has 1 N–H and O–H groups in total. The topological polar surface area (TPSA) is 64.1 Å². The fourth-order valence-corrected chi connectivity index (χ4v) is 1.73. The molecule has 2 rings (SSSR count). The van der Waals surface area contributed by atoms with Crippen molar-refractivity contribution in [3.05, 3.63) is 17.5 Å². The van der Waals surface area contributed by atoms with Gasteiger partial charge in [-0.3, -0.25) is 9.78 Å². The Morgan fingerprint density at radius 1 is 1.56 bits per heavy atom. The van der Waals surface area contributed by atoms with Gasteiger partial charge in [0.05, 0.1) is 19.0 Å². The molecule has 1 saturated heterocycles. The van der Waals surface area contributed by atoms with E-state index in [1.165, 1.54) is 12.4 Å². The first-order chi connectivity index (χ1) is 7.74. The van der Waals surface area contributed by atoms with Crippen LogP contribution in [0.1, 0.15) is 12.8 Å². The molecule has 1 atom stereocenters. The van der Waals surface area contributed by atoms with Crippen molar-refractivity contribution in [3.8, 4) is 5.88 Å². The number of hydrogen-bond acceptors (Lipinski definition) is 4. The van der Waals surface area contributed by atoms with Crippen molar-refractivity contribution in [1.29, 1.82) is 0 Å². The van der Waals surface area contributed by atoms with E-state index in [0.29, 0.717) is 30.6 Å². The maximum Gasteiger partial charge on any atom is 0.233 e. The number of halogens is 1. The first-order valence-electron chi connectivity index (χ1n) is 5.11. The van der Waals surface area contributed by atoms with E-state index in [2.05, 4.69) is 15.3 Å². The zero-order valence-electron chi connectivity index (χ0n) is 8.65. The molecular formula is C10H12ClN3O2. The second-order valence-corrected chi connectivity index (χ2v) is 4.09. The normalized spacial score (nSPS) is 20.3. The van der Waals surface area contributed by atoms with E-state index >= 15 is 0 Å². The summed E-state index contributed by atoms with van der Waals surface area (Å²) in [6.07, 6.45) is 4.39. The van der Waals surface area contributed by atoms with Gasteiger partial charge >= 0.3 is 0 Å². The molecule has 1 aliphatic rings. The molecule has 1 aliphatic heterocycles. The highest BCUT2D eigenvalue weighted by Gasteiger charge is 2.19. The van der Waals surface area contributed by atoms with Crippen molar-refractivity contribution in [2.24, 2.45) is 5.92 Å². The van der Waals surface area contributed by atoms with Crippen LogP contribution in [0.4, 0.5) is 0 Å². The van der Waals surface area contributed by atoms with Crippen molar-refractivity contribution in [1.82, 2.24) is 15.3 Å². The van der Waals surface area contributed by atoms with Crippen LogP contribution in [0.25, 0.3) is 0 Å². The van der Waals surface area contributed by atoms with Gasteiger partial charge in [-0.25, -0.2) is 0 Å². The van der Waals surface area contributed by atoms with E-state index in [0.717, 1.165) is 6.42 Å². The van der Waals surface area contributed by atoms with E-state index in [9.17, 15) is 4.79 Å². The SMILES string of the molecule is O=C1CC(COc2cncc(Cl)n2)CCN1. The first-order valence-corrected chi connectivity index (χ1v) is 5.49. The van der Waals surface area contributed by atoms with Gasteiger partial charge in [0.25, 0.3) is 0 Å². The van der Waals surface area contributed by atoms with E-state index in [1.807, 2.05) is 0 Å². The Hall–Kier alpha value is -1.36. The number of hydrogen-bond donors (Lipinski definition) is 1. The summed E-state index contributed by atoms with van der Waals surface area (Å²) in [5.41, 5.74) is 0. The fraction of sp³-hybridized carbons (Fsp3) is 0.500. The number of aromatic nitrogens is 2. The average molecular weight is 242 g/mol. The third-order valence-corrected chi connectivity index (χ3v) is 2.58. The van der Waals surface area contributed by atoms with Crippen LogP contribution in [0, 0.1) is 5.92 Å². The molecule has 86 valence electrons. The smallest absolute Gasteiger partial charge is 0.233 e. The predicted molar refractivity (Wildman–Crippen MR) is 58.3 cm³/mol. The summed E-state index contributed by atoms with van der Waals surface area (Å²) >= 11 is 5.67. The summed E-state index contributed by atoms with van der Waals surface area (Å²) in [5.74, 6) is 0.727. The van der Waals surface area contributed by atoms with E-state index in [4.69, 9.17) is 16.3 Å². The van der Waals surface area contributed by atoms with Crippen LogP contribution >= 0.6 is 11.6 Å². The summed E-state index contributed by atoms with van der Waals surface area (Å²) in [6, 6.07) is 0. The van der Waals surface area contributed by atoms with Crippen molar-refractivity contribution in [2.75, 3.05) is 13.2 Å². The van der Waals surface area contributed by atoms with Crippen LogP contribution in [0.15, 0.2) is 12.4 Å². The Morgan fingerprint density at radius 3 is 3.19 bits per heavy atom. The molecule has 1 fully saturated rings. The number of rotatable bonds is 3. The number of ether oxygens (including phenoxy) is 1. The second-order valence-electron chi connectivity index (χ2n) is 3.70. The molecule has 16 heavy (non-hydrogen) atoms. The Morgan fingerprint density at radius 2 is 2.44 bits per heavy atom. The molecule has 5 nitrogen and oxygen atoms in total. The molecular weight excluding hydrogens is 230 g/mol. The lowest BCUT2D eigenvalue weighted by molar-refractivity contribution is -0.123. The lowest BCUT2D eigenvalue weighted by Crippen LogP contribution is -2.35. The molecule has 0 radical (unpaired) electrons. The van der Waals surface area contributed by atoms with Crippen LogP contribution in [0.2, 0.25) is 5.15 Å². The van der Waals surface area contributed by atoms with Crippen LogP contribution < -0.4 is 10.1 Å².